The van der Waals surface area contributed by atoms with Crippen LogP contribution in [0.2, 0.25) is 0 Å². The number of rotatable bonds is 3. The van der Waals surface area contributed by atoms with Crippen molar-refractivity contribution in [3.8, 4) is 0 Å². The van der Waals surface area contributed by atoms with Crippen LogP contribution in [0.25, 0.3) is 0 Å². The molecule has 1 heterocycles. The number of aliphatic hydroxyl groups is 1. The van der Waals surface area contributed by atoms with Crippen LogP contribution in [-0.2, 0) is 12.0 Å². The first-order valence-electron chi connectivity index (χ1n) is 8.24. The largest absolute Gasteiger partial charge is 0.386 e. The molecule has 2 aliphatic carbocycles. The summed E-state index contributed by atoms with van der Waals surface area (Å²) >= 11 is 0. The zero-order valence-electron chi connectivity index (χ0n) is 13.6. The van der Waals surface area contributed by atoms with Crippen LogP contribution >= 0.6 is 0 Å². The van der Waals surface area contributed by atoms with Gasteiger partial charge in [0.05, 0.1) is 18.3 Å². The summed E-state index contributed by atoms with van der Waals surface area (Å²) in [5.41, 5.74) is 4.14. The Bertz CT molecular complexity index is 703. The third-order valence-electron chi connectivity index (χ3n) is 6.46. The van der Waals surface area contributed by atoms with Gasteiger partial charge in [0.15, 0.2) is 0 Å². The second-order valence-electron chi connectivity index (χ2n) is 7.73. The minimum Gasteiger partial charge on any atom is -0.386 e. The van der Waals surface area contributed by atoms with Crippen molar-refractivity contribution in [3.63, 3.8) is 0 Å². The van der Waals surface area contributed by atoms with Crippen LogP contribution in [0.3, 0.4) is 0 Å². The maximum Gasteiger partial charge on any atom is 0.0985 e. The zero-order chi connectivity index (χ0) is 15.5. The van der Waals surface area contributed by atoms with E-state index in [2.05, 4.69) is 27.0 Å². The van der Waals surface area contributed by atoms with E-state index in [0.717, 1.165) is 5.56 Å². The van der Waals surface area contributed by atoms with Crippen LogP contribution in [-0.4, -0.2) is 14.9 Å². The molecule has 116 valence electrons. The Morgan fingerprint density at radius 3 is 2.68 bits per heavy atom. The highest BCUT2D eigenvalue weighted by Gasteiger charge is 2.61. The molecule has 0 saturated heterocycles. The van der Waals surface area contributed by atoms with Gasteiger partial charge in [-0.25, -0.2) is 0 Å². The average molecular weight is 296 g/mol. The Hall–Kier alpha value is -1.61. The van der Waals surface area contributed by atoms with E-state index in [1.807, 2.05) is 35.0 Å². The van der Waals surface area contributed by atoms with Crippen molar-refractivity contribution >= 4 is 0 Å². The van der Waals surface area contributed by atoms with Gasteiger partial charge in [0.2, 0.25) is 0 Å². The lowest BCUT2D eigenvalue weighted by Gasteiger charge is -2.34. The van der Waals surface area contributed by atoms with Gasteiger partial charge < -0.3 is 5.11 Å². The van der Waals surface area contributed by atoms with Gasteiger partial charge in [-0.05, 0) is 35.3 Å². The number of nitrogens with zero attached hydrogens (tertiary/aromatic N) is 2. The maximum absolute atomic E-state index is 10.4. The van der Waals surface area contributed by atoms with Crippen molar-refractivity contribution in [2.45, 2.75) is 57.6 Å². The standard InChI is InChI=1S/C19H24N2O/c1-18(2)15-9-10-19(18,3)17-14(15)11-21(20-17)12-16(22)13-7-5-4-6-8-13/h4-8,11,15-16,22H,9-10,12H2,1-3H3/t15-,16+,19+/m1/s1. The second-order valence-corrected chi connectivity index (χ2v) is 7.73. The molecule has 2 aliphatic rings. The summed E-state index contributed by atoms with van der Waals surface area (Å²) in [6, 6.07) is 9.84. The number of hydrogen-bond acceptors (Lipinski definition) is 2. The second kappa shape index (κ2) is 4.45. The average Bonchev–Trinajstić information content (AvgIpc) is 3.05. The molecular formula is C19H24N2O. The number of hydrogen-bond donors (Lipinski definition) is 1. The smallest absolute Gasteiger partial charge is 0.0985 e. The van der Waals surface area contributed by atoms with E-state index in [1.54, 1.807) is 0 Å². The van der Waals surface area contributed by atoms with Crippen LogP contribution in [0.1, 0.15) is 62.5 Å². The van der Waals surface area contributed by atoms with Gasteiger partial charge in [0.1, 0.15) is 0 Å². The Morgan fingerprint density at radius 1 is 1.27 bits per heavy atom. The summed E-state index contributed by atoms with van der Waals surface area (Å²) in [5, 5.41) is 15.3. The van der Waals surface area contributed by atoms with Crippen LogP contribution in [0.15, 0.2) is 36.5 Å². The quantitative estimate of drug-likeness (QED) is 0.935. The molecule has 3 nitrogen and oxygen atoms in total. The number of benzene rings is 1. The molecule has 2 bridgehead atoms. The molecule has 1 aromatic heterocycles. The van der Waals surface area contributed by atoms with Gasteiger partial charge in [-0.1, -0.05) is 51.1 Å². The van der Waals surface area contributed by atoms with Crippen molar-refractivity contribution in [2.24, 2.45) is 5.41 Å². The highest BCUT2D eigenvalue weighted by Crippen LogP contribution is 2.67. The number of fused-ring (bicyclic) bond motifs is 5. The minimum absolute atomic E-state index is 0.190. The lowest BCUT2D eigenvalue weighted by atomic mass is 9.70. The van der Waals surface area contributed by atoms with Crippen molar-refractivity contribution in [3.05, 3.63) is 53.3 Å². The zero-order valence-corrected chi connectivity index (χ0v) is 13.6. The van der Waals surface area contributed by atoms with Gasteiger partial charge in [-0.3, -0.25) is 4.68 Å². The summed E-state index contributed by atoms with van der Waals surface area (Å²) in [5.74, 6) is 0.620. The SMILES string of the molecule is CC1(C)[C@@H]2CC[C@@]1(C)c1nn(C[C@H](O)c3ccccc3)cc12. The molecule has 0 radical (unpaired) electrons. The van der Waals surface area contributed by atoms with Crippen LogP contribution in [0.4, 0.5) is 0 Å². The molecule has 4 rings (SSSR count). The van der Waals surface area contributed by atoms with Crippen molar-refractivity contribution in [1.82, 2.24) is 9.78 Å². The summed E-state index contributed by atoms with van der Waals surface area (Å²) < 4.78 is 1.95. The van der Waals surface area contributed by atoms with E-state index in [0.29, 0.717) is 17.9 Å². The number of aliphatic hydroxyl groups excluding tert-OH is 1. The van der Waals surface area contributed by atoms with E-state index in [1.165, 1.54) is 24.1 Å². The Kier molecular flexibility index (Phi) is 2.83. The molecule has 1 aromatic carbocycles. The van der Waals surface area contributed by atoms with Gasteiger partial charge in [-0.2, -0.15) is 5.10 Å². The molecule has 1 saturated carbocycles. The van der Waals surface area contributed by atoms with Crippen molar-refractivity contribution in [1.29, 1.82) is 0 Å². The Labute approximate surface area is 132 Å². The summed E-state index contributed by atoms with van der Waals surface area (Å²) in [6.45, 7) is 7.66. The minimum atomic E-state index is -0.500. The van der Waals surface area contributed by atoms with Crippen LogP contribution in [0.5, 0.6) is 0 Å². The van der Waals surface area contributed by atoms with E-state index in [9.17, 15) is 5.11 Å². The molecule has 0 spiro atoms. The first-order valence-corrected chi connectivity index (χ1v) is 8.24. The predicted octanol–water partition coefficient (Wildman–Crippen LogP) is 3.79. The number of aromatic nitrogens is 2. The normalized spacial score (nSPS) is 29.5. The van der Waals surface area contributed by atoms with E-state index in [-0.39, 0.29) is 5.41 Å². The molecule has 1 N–H and O–H groups in total. The highest BCUT2D eigenvalue weighted by molar-refractivity contribution is 5.44. The predicted molar refractivity (Wildman–Crippen MR) is 86.7 cm³/mol. The highest BCUT2D eigenvalue weighted by atomic mass is 16.3. The Balaban J connectivity index is 1.62. The van der Waals surface area contributed by atoms with E-state index in [4.69, 9.17) is 5.10 Å². The summed E-state index contributed by atoms with van der Waals surface area (Å²) in [6.07, 6.45) is 4.18. The summed E-state index contributed by atoms with van der Waals surface area (Å²) in [4.78, 5) is 0. The third-order valence-corrected chi connectivity index (χ3v) is 6.46. The van der Waals surface area contributed by atoms with Gasteiger partial charge >= 0.3 is 0 Å². The van der Waals surface area contributed by atoms with E-state index < -0.39 is 6.10 Å². The summed E-state index contributed by atoms with van der Waals surface area (Å²) in [7, 11) is 0. The molecule has 1 fully saturated rings. The van der Waals surface area contributed by atoms with Crippen LogP contribution < -0.4 is 0 Å². The van der Waals surface area contributed by atoms with Gasteiger partial charge in [0.25, 0.3) is 0 Å². The molecular weight excluding hydrogens is 272 g/mol. The Morgan fingerprint density at radius 2 is 2.00 bits per heavy atom. The maximum atomic E-state index is 10.4. The monoisotopic (exact) mass is 296 g/mol. The van der Waals surface area contributed by atoms with Gasteiger partial charge in [-0.15, -0.1) is 0 Å². The first kappa shape index (κ1) is 14.0. The fourth-order valence-electron chi connectivity index (χ4n) is 4.64. The molecule has 0 unspecified atom stereocenters. The molecule has 3 heteroatoms. The van der Waals surface area contributed by atoms with Crippen molar-refractivity contribution < 1.29 is 5.11 Å². The van der Waals surface area contributed by atoms with Crippen molar-refractivity contribution in [2.75, 3.05) is 0 Å². The lowest BCUT2D eigenvalue weighted by molar-refractivity contribution is 0.149. The molecule has 0 amide bonds. The topological polar surface area (TPSA) is 38.0 Å². The molecule has 3 atom stereocenters. The molecule has 22 heavy (non-hydrogen) atoms. The third kappa shape index (κ3) is 1.69. The molecule has 2 aromatic rings. The molecule has 0 aliphatic heterocycles. The van der Waals surface area contributed by atoms with Gasteiger partial charge in [0, 0.05) is 11.6 Å². The van der Waals surface area contributed by atoms with Crippen LogP contribution in [0, 0.1) is 5.41 Å². The van der Waals surface area contributed by atoms with E-state index >= 15 is 0 Å². The lowest BCUT2D eigenvalue weighted by Crippen LogP contribution is -2.32. The fourth-order valence-corrected chi connectivity index (χ4v) is 4.64. The first-order chi connectivity index (χ1) is 10.4. The fraction of sp³-hybridized carbons (Fsp3) is 0.526.